The van der Waals surface area contributed by atoms with Gasteiger partial charge in [-0.25, -0.2) is 13.1 Å². The lowest BCUT2D eigenvalue weighted by Gasteiger charge is -2.09. The third kappa shape index (κ3) is 5.59. The van der Waals surface area contributed by atoms with Crippen LogP contribution >= 0.6 is 0 Å². The van der Waals surface area contributed by atoms with Crippen LogP contribution in [-0.4, -0.2) is 27.7 Å². The number of sulfonamides is 1. The van der Waals surface area contributed by atoms with Crippen molar-refractivity contribution in [2.24, 2.45) is 0 Å². The number of para-hydroxylation sites is 1. The van der Waals surface area contributed by atoms with Gasteiger partial charge in [-0.3, -0.25) is 0 Å². The molecule has 0 bridgehead atoms. The number of anilines is 1. The van der Waals surface area contributed by atoms with E-state index in [1.807, 2.05) is 13.8 Å². The first-order chi connectivity index (χ1) is 8.93. The Kier molecular flexibility index (Phi) is 6.27. The zero-order valence-corrected chi connectivity index (χ0v) is 12.2. The highest BCUT2D eigenvalue weighted by atomic mass is 32.2. The third-order valence-corrected chi connectivity index (χ3v) is 4.06. The summed E-state index contributed by atoms with van der Waals surface area (Å²) in [5.74, 6) is 0. The summed E-state index contributed by atoms with van der Waals surface area (Å²) >= 11 is 0. The molecule has 1 aromatic rings. The number of unbranched alkanes of at least 4 members (excludes halogenated alkanes) is 1. The molecule has 0 aliphatic carbocycles. The average molecular weight is 286 g/mol. The number of hydrogen-bond acceptors (Lipinski definition) is 4. The summed E-state index contributed by atoms with van der Waals surface area (Å²) in [5.41, 5.74) is 5.91. The molecule has 6 heteroatoms. The number of nitrogens with one attached hydrogen (secondary N) is 1. The molecular formula is C13H22N2O3S. The Labute approximate surface area is 115 Å². The number of nitrogens with two attached hydrogens (primary N) is 1. The summed E-state index contributed by atoms with van der Waals surface area (Å²) in [7, 11) is -3.51. The fourth-order valence-electron chi connectivity index (χ4n) is 1.56. The van der Waals surface area contributed by atoms with Gasteiger partial charge < -0.3 is 10.5 Å². The van der Waals surface area contributed by atoms with Crippen LogP contribution in [0.5, 0.6) is 0 Å². The van der Waals surface area contributed by atoms with Crippen LogP contribution in [0.15, 0.2) is 29.2 Å². The molecule has 0 amide bonds. The molecule has 0 aromatic heterocycles. The van der Waals surface area contributed by atoms with Crippen LogP contribution in [0.3, 0.4) is 0 Å². The van der Waals surface area contributed by atoms with Crippen LogP contribution < -0.4 is 10.5 Å². The second-order valence-electron chi connectivity index (χ2n) is 4.56. The number of rotatable bonds is 8. The van der Waals surface area contributed by atoms with E-state index in [4.69, 9.17) is 10.5 Å². The van der Waals surface area contributed by atoms with Gasteiger partial charge in [0, 0.05) is 13.2 Å². The predicted octanol–water partition coefficient (Wildman–Crippen LogP) is 1.75. The molecule has 0 atom stereocenters. The standard InChI is InChI=1S/C13H22N2O3S/c1-11(2)18-10-6-5-9-15-19(16,17)13-8-4-3-7-12(13)14/h3-4,7-8,11,15H,5-6,9-10,14H2,1-2H3. The van der Waals surface area contributed by atoms with Crippen molar-refractivity contribution in [1.29, 1.82) is 0 Å². The van der Waals surface area contributed by atoms with Crippen molar-refractivity contribution in [2.45, 2.75) is 37.7 Å². The highest BCUT2D eigenvalue weighted by molar-refractivity contribution is 7.89. The van der Waals surface area contributed by atoms with Crippen molar-refractivity contribution in [2.75, 3.05) is 18.9 Å². The molecule has 0 fully saturated rings. The average Bonchev–Trinajstić information content (AvgIpc) is 2.33. The third-order valence-electron chi connectivity index (χ3n) is 2.52. The van der Waals surface area contributed by atoms with E-state index in [1.165, 1.54) is 6.07 Å². The van der Waals surface area contributed by atoms with Crippen LogP contribution in [0.25, 0.3) is 0 Å². The fraction of sp³-hybridized carbons (Fsp3) is 0.538. The summed E-state index contributed by atoms with van der Waals surface area (Å²) in [6.45, 7) is 4.98. The van der Waals surface area contributed by atoms with Crippen molar-refractivity contribution >= 4 is 15.7 Å². The van der Waals surface area contributed by atoms with E-state index in [0.717, 1.165) is 12.8 Å². The lowest BCUT2D eigenvalue weighted by molar-refractivity contribution is 0.0762. The van der Waals surface area contributed by atoms with Gasteiger partial charge in [-0.15, -0.1) is 0 Å². The molecule has 1 aromatic carbocycles. The van der Waals surface area contributed by atoms with E-state index in [0.29, 0.717) is 13.2 Å². The van der Waals surface area contributed by atoms with E-state index >= 15 is 0 Å². The molecular weight excluding hydrogens is 264 g/mol. The second-order valence-corrected chi connectivity index (χ2v) is 6.30. The summed E-state index contributed by atoms with van der Waals surface area (Å²) in [6.07, 6.45) is 1.77. The Balaban J connectivity index is 2.38. The number of benzene rings is 1. The minimum atomic E-state index is -3.51. The minimum Gasteiger partial charge on any atom is -0.398 e. The van der Waals surface area contributed by atoms with Crippen LogP contribution in [-0.2, 0) is 14.8 Å². The molecule has 0 aliphatic rings. The molecule has 19 heavy (non-hydrogen) atoms. The second kappa shape index (κ2) is 7.47. The monoisotopic (exact) mass is 286 g/mol. The molecule has 0 heterocycles. The maximum Gasteiger partial charge on any atom is 0.242 e. The van der Waals surface area contributed by atoms with Crippen molar-refractivity contribution < 1.29 is 13.2 Å². The highest BCUT2D eigenvalue weighted by Crippen LogP contribution is 2.16. The molecule has 1 rings (SSSR count). The van der Waals surface area contributed by atoms with Crippen LogP contribution in [0.4, 0.5) is 5.69 Å². The Morgan fingerprint density at radius 3 is 2.58 bits per heavy atom. The topological polar surface area (TPSA) is 81.4 Å². The highest BCUT2D eigenvalue weighted by Gasteiger charge is 2.15. The first-order valence-corrected chi connectivity index (χ1v) is 7.87. The van der Waals surface area contributed by atoms with E-state index in [9.17, 15) is 8.42 Å². The summed E-state index contributed by atoms with van der Waals surface area (Å²) in [6, 6.07) is 6.43. The van der Waals surface area contributed by atoms with Gasteiger partial charge in [0.05, 0.1) is 11.8 Å². The van der Waals surface area contributed by atoms with Crippen LogP contribution in [0, 0.1) is 0 Å². The number of hydrogen-bond donors (Lipinski definition) is 2. The van der Waals surface area contributed by atoms with E-state index in [-0.39, 0.29) is 16.7 Å². The first kappa shape index (κ1) is 15.9. The lowest BCUT2D eigenvalue weighted by Crippen LogP contribution is -2.25. The van der Waals surface area contributed by atoms with Crippen molar-refractivity contribution in [3.63, 3.8) is 0 Å². The molecule has 0 saturated heterocycles. The van der Waals surface area contributed by atoms with E-state index in [2.05, 4.69) is 4.72 Å². The minimum absolute atomic E-state index is 0.133. The Bertz CT molecular complexity index is 486. The summed E-state index contributed by atoms with van der Waals surface area (Å²) < 4.78 is 31.9. The summed E-state index contributed by atoms with van der Waals surface area (Å²) in [5, 5.41) is 0. The fourth-order valence-corrected chi connectivity index (χ4v) is 2.76. The van der Waals surface area contributed by atoms with Crippen molar-refractivity contribution in [1.82, 2.24) is 4.72 Å². The van der Waals surface area contributed by atoms with Gasteiger partial charge in [0.15, 0.2) is 0 Å². The van der Waals surface area contributed by atoms with Crippen LogP contribution in [0.2, 0.25) is 0 Å². The maximum atomic E-state index is 12.0. The first-order valence-electron chi connectivity index (χ1n) is 6.39. The zero-order chi connectivity index (χ0) is 14.3. The van der Waals surface area contributed by atoms with Gasteiger partial charge in [-0.2, -0.15) is 0 Å². The van der Waals surface area contributed by atoms with Gasteiger partial charge >= 0.3 is 0 Å². The quantitative estimate of drug-likeness (QED) is 0.563. The molecule has 0 spiro atoms. The lowest BCUT2D eigenvalue weighted by atomic mass is 10.3. The molecule has 0 radical (unpaired) electrons. The van der Waals surface area contributed by atoms with Gasteiger partial charge in [0.25, 0.3) is 0 Å². The number of ether oxygens (including phenoxy) is 1. The van der Waals surface area contributed by atoms with Gasteiger partial charge in [-0.1, -0.05) is 12.1 Å². The maximum absolute atomic E-state index is 12.0. The summed E-state index contributed by atoms with van der Waals surface area (Å²) in [4.78, 5) is 0.133. The van der Waals surface area contributed by atoms with Crippen molar-refractivity contribution in [3.8, 4) is 0 Å². The van der Waals surface area contributed by atoms with Gasteiger partial charge in [0.2, 0.25) is 10.0 Å². The van der Waals surface area contributed by atoms with E-state index < -0.39 is 10.0 Å². The van der Waals surface area contributed by atoms with E-state index in [1.54, 1.807) is 18.2 Å². The van der Waals surface area contributed by atoms with Gasteiger partial charge in [0.1, 0.15) is 4.90 Å². The van der Waals surface area contributed by atoms with Gasteiger partial charge in [-0.05, 0) is 38.8 Å². The molecule has 0 unspecified atom stereocenters. The molecule has 108 valence electrons. The largest absolute Gasteiger partial charge is 0.398 e. The molecule has 0 saturated carbocycles. The molecule has 5 nitrogen and oxygen atoms in total. The SMILES string of the molecule is CC(C)OCCCCNS(=O)(=O)c1ccccc1N. The smallest absolute Gasteiger partial charge is 0.242 e. The Morgan fingerprint density at radius 2 is 1.95 bits per heavy atom. The zero-order valence-electron chi connectivity index (χ0n) is 11.4. The predicted molar refractivity (Wildman–Crippen MR) is 76.4 cm³/mol. The number of nitrogen functional groups attached to an aromatic ring is 1. The Morgan fingerprint density at radius 1 is 1.26 bits per heavy atom. The molecule has 0 aliphatic heterocycles. The Hall–Kier alpha value is -1.11. The molecule has 3 N–H and O–H groups in total. The van der Waals surface area contributed by atoms with Crippen molar-refractivity contribution in [3.05, 3.63) is 24.3 Å². The van der Waals surface area contributed by atoms with Crippen LogP contribution in [0.1, 0.15) is 26.7 Å². The normalized spacial score (nSPS) is 11.9.